The molecular formula is C16H24N4. The van der Waals surface area contributed by atoms with Crippen molar-refractivity contribution in [2.24, 2.45) is 22.1 Å². The molecular weight excluding hydrogens is 248 g/mol. The van der Waals surface area contributed by atoms with Gasteiger partial charge in [0.2, 0.25) is 0 Å². The summed E-state index contributed by atoms with van der Waals surface area (Å²) >= 11 is 0. The van der Waals surface area contributed by atoms with Crippen LogP contribution in [0.25, 0.3) is 0 Å². The highest BCUT2D eigenvalue weighted by Crippen LogP contribution is 2.39. The molecule has 0 N–H and O–H groups in total. The summed E-state index contributed by atoms with van der Waals surface area (Å²) in [5.41, 5.74) is -1.51. The van der Waals surface area contributed by atoms with Crippen molar-refractivity contribution in [3.05, 3.63) is 0 Å². The van der Waals surface area contributed by atoms with Crippen molar-refractivity contribution in [1.29, 1.82) is 10.5 Å². The van der Waals surface area contributed by atoms with Crippen LogP contribution in [0.5, 0.6) is 0 Å². The molecule has 2 atom stereocenters. The normalized spacial score (nSPS) is 27.0. The molecule has 0 spiro atoms. The van der Waals surface area contributed by atoms with Crippen molar-refractivity contribution >= 4 is 0 Å². The topological polar surface area (TPSA) is 72.3 Å². The van der Waals surface area contributed by atoms with Crippen molar-refractivity contribution in [2.75, 3.05) is 0 Å². The Bertz CT molecular complexity index is 404. The molecule has 2 rings (SSSR count). The Labute approximate surface area is 121 Å². The molecule has 0 aliphatic heterocycles. The highest BCUT2D eigenvalue weighted by molar-refractivity contribution is 5.12. The van der Waals surface area contributed by atoms with Gasteiger partial charge in [-0.2, -0.15) is 20.8 Å². The van der Waals surface area contributed by atoms with E-state index in [9.17, 15) is 10.5 Å². The summed E-state index contributed by atoms with van der Waals surface area (Å²) in [4.78, 5) is 0. The highest BCUT2D eigenvalue weighted by atomic mass is 15.2. The fraction of sp³-hybridized carbons (Fsp3) is 0.875. The van der Waals surface area contributed by atoms with E-state index in [1.165, 1.54) is 25.7 Å². The van der Waals surface area contributed by atoms with Crippen LogP contribution in [0.4, 0.5) is 0 Å². The molecule has 4 heteroatoms. The Hall–Kier alpha value is -1.42. The standard InChI is InChI=1S/C16H24N4/c1-15(11-17,13-7-3-4-8-13)19-20-16(2,12-18)14-9-5-6-10-14/h13-14H,3-10H2,1-2H3/b20-19+. The molecule has 4 nitrogen and oxygen atoms in total. The molecule has 0 aromatic carbocycles. The molecule has 0 radical (unpaired) electrons. The van der Waals surface area contributed by atoms with E-state index >= 15 is 0 Å². The van der Waals surface area contributed by atoms with E-state index in [4.69, 9.17) is 0 Å². The molecule has 20 heavy (non-hydrogen) atoms. The minimum atomic E-state index is -0.757. The lowest BCUT2D eigenvalue weighted by atomic mass is 9.85. The van der Waals surface area contributed by atoms with Gasteiger partial charge in [0, 0.05) is 0 Å². The van der Waals surface area contributed by atoms with Gasteiger partial charge in [0.1, 0.15) is 0 Å². The minimum Gasteiger partial charge on any atom is -0.196 e. The first-order valence-electron chi connectivity index (χ1n) is 7.80. The van der Waals surface area contributed by atoms with E-state index in [0.29, 0.717) is 11.8 Å². The summed E-state index contributed by atoms with van der Waals surface area (Å²) in [7, 11) is 0. The number of nitriles is 2. The third-order valence-electron chi connectivity index (χ3n) is 5.22. The molecule has 0 amide bonds. The Morgan fingerprint density at radius 2 is 1.05 bits per heavy atom. The van der Waals surface area contributed by atoms with Crippen molar-refractivity contribution in [3.63, 3.8) is 0 Å². The minimum absolute atomic E-state index is 0.294. The van der Waals surface area contributed by atoms with Crippen molar-refractivity contribution in [3.8, 4) is 12.1 Å². The van der Waals surface area contributed by atoms with Crippen LogP contribution in [0, 0.1) is 34.5 Å². The molecule has 0 bridgehead atoms. The number of azo groups is 1. The summed E-state index contributed by atoms with van der Waals surface area (Å²) in [6.45, 7) is 3.75. The average molecular weight is 272 g/mol. The summed E-state index contributed by atoms with van der Waals surface area (Å²) < 4.78 is 0. The second kappa shape index (κ2) is 5.92. The highest BCUT2D eigenvalue weighted by Gasteiger charge is 2.40. The Morgan fingerprint density at radius 1 is 0.750 bits per heavy atom. The van der Waals surface area contributed by atoms with E-state index < -0.39 is 11.1 Å². The maximum Gasteiger partial charge on any atom is 0.167 e. The van der Waals surface area contributed by atoms with Gasteiger partial charge in [0.05, 0.1) is 12.1 Å². The van der Waals surface area contributed by atoms with Crippen molar-refractivity contribution < 1.29 is 0 Å². The van der Waals surface area contributed by atoms with Crippen LogP contribution >= 0.6 is 0 Å². The van der Waals surface area contributed by atoms with Crippen molar-refractivity contribution in [1.82, 2.24) is 0 Å². The second-order valence-electron chi connectivity index (χ2n) is 6.68. The van der Waals surface area contributed by atoms with Gasteiger partial charge in [-0.25, -0.2) is 0 Å². The van der Waals surface area contributed by atoms with E-state index in [1.807, 2.05) is 13.8 Å². The van der Waals surface area contributed by atoms with Gasteiger partial charge in [-0.1, -0.05) is 25.7 Å². The van der Waals surface area contributed by atoms with E-state index in [-0.39, 0.29) is 0 Å². The van der Waals surface area contributed by atoms with Crippen LogP contribution in [0.15, 0.2) is 10.2 Å². The summed E-state index contributed by atoms with van der Waals surface area (Å²) in [6, 6.07) is 4.68. The molecule has 0 aromatic heterocycles. The predicted octanol–water partition coefficient (Wildman–Crippen LogP) is 4.38. The number of hydrogen-bond acceptors (Lipinski definition) is 4. The maximum atomic E-state index is 9.49. The van der Waals surface area contributed by atoms with Crippen LogP contribution < -0.4 is 0 Å². The number of hydrogen-bond donors (Lipinski definition) is 0. The fourth-order valence-corrected chi connectivity index (χ4v) is 3.57. The molecule has 2 unspecified atom stereocenters. The van der Waals surface area contributed by atoms with Crippen LogP contribution in [0.1, 0.15) is 65.2 Å². The second-order valence-corrected chi connectivity index (χ2v) is 6.68. The predicted molar refractivity (Wildman–Crippen MR) is 76.8 cm³/mol. The lowest BCUT2D eigenvalue weighted by molar-refractivity contribution is 0.315. The Kier molecular flexibility index (Phi) is 4.43. The number of rotatable bonds is 4. The summed E-state index contributed by atoms with van der Waals surface area (Å²) in [5.74, 6) is 0.588. The molecule has 0 saturated heterocycles. The SMILES string of the molecule is CC(C#N)(/N=N/C(C)(C#N)C1CCCC1)C1CCCC1. The lowest BCUT2D eigenvalue weighted by Crippen LogP contribution is -2.33. The van der Waals surface area contributed by atoms with Crippen molar-refractivity contribution in [2.45, 2.75) is 76.3 Å². The van der Waals surface area contributed by atoms with E-state index in [2.05, 4.69) is 22.4 Å². The molecule has 0 heterocycles. The smallest absolute Gasteiger partial charge is 0.167 e. The quantitative estimate of drug-likeness (QED) is 0.712. The van der Waals surface area contributed by atoms with Gasteiger partial charge in [-0.3, -0.25) is 0 Å². The van der Waals surface area contributed by atoms with Gasteiger partial charge in [0.15, 0.2) is 11.1 Å². The monoisotopic (exact) mass is 272 g/mol. The van der Waals surface area contributed by atoms with Gasteiger partial charge >= 0.3 is 0 Å². The van der Waals surface area contributed by atoms with Crippen LogP contribution in [0.2, 0.25) is 0 Å². The zero-order chi connectivity index (χ0) is 14.6. The zero-order valence-electron chi connectivity index (χ0n) is 12.6. The van der Waals surface area contributed by atoms with E-state index in [1.54, 1.807) is 0 Å². The Morgan fingerprint density at radius 3 is 1.30 bits per heavy atom. The van der Waals surface area contributed by atoms with Gasteiger partial charge in [0.25, 0.3) is 0 Å². The number of nitrogens with zero attached hydrogens (tertiary/aromatic N) is 4. The van der Waals surface area contributed by atoms with Crippen LogP contribution in [-0.2, 0) is 0 Å². The molecule has 0 aromatic rings. The molecule has 108 valence electrons. The van der Waals surface area contributed by atoms with E-state index in [0.717, 1.165) is 25.7 Å². The van der Waals surface area contributed by atoms with Crippen LogP contribution in [0.3, 0.4) is 0 Å². The lowest BCUT2D eigenvalue weighted by Gasteiger charge is -2.27. The molecule has 2 fully saturated rings. The molecule has 2 saturated carbocycles. The zero-order valence-corrected chi connectivity index (χ0v) is 12.6. The Balaban J connectivity index is 2.16. The largest absolute Gasteiger partial charge is 0.196 e. The fourth-order valence-electron chi connectivity index (χ4n) is 3.57. The average Bonchev–Trinajstić information content (AvgIpc) is 3.16. The molecule has 2 aliphatic carbocycles. The summed E-state index contributed by atoms with van der Waals surface area (Å²) in [5, 5.41) is 27.8. The van der Waals surface area contributed by atoms with Gasteiger partial charge in [-0.15, -0.1) is 0 Å². The third kappa shape index (κ3) is 2.85. The maximum absolute atomic E-state index is 9.49. The van der Waals surface area contributed by atoms with Gasteiger partial charge < -0.3 is 0 Å². The summed E-state index contributed by atoms with van der Waals surface area (Å²) in [6.07, 6.45) is 8.91. The van der Waals surface area contributed by atoms with Crippen LogP contribution in [-0.4, -0.2) is 11.1 Å². The first kappa shape index (κ1) is 15.0. The molecule has 2 aliphatic rings. The first-order chi connectivity index (χ1) is 9.54. The third-order valence-corrected chi connectivity index (χ3v) is 5.22. The van der Waals surface area contributed by atoms with Gasteiger partial charge in [-0.05, 0) is 51.4 Å². The first-order valence-corrected chi connectivity index (χ1v) is 7.80.